The average Bonchev–Trinajstić information content (AvgIpc) is 3.60. The van der Waals surface area contributed by atoms with Crippen molar-refractivity contribution in [3.63, 3.8) is 0 Å². The third-order valence-corrected chi connectivity index (χ3v) is 16.1. The molecule has 0 aromatic heterocycles. The van der Waals surface area contributed by atoms with Crippen molar-refractivity contribution in [3.8, 4) is 5.75 Å². The largest absolute Gasteiger partial charge is 0.497 e. The molecule has 3 amide bonds. The van der Waals surface area contributed by atoms with Crippen LogP contribution in [0.4, 0.5) is 17.1 Å². The lowest BCUT2D eigenvalue weighted by atomic mass is 9.82. The summed E-state index contributed by atoms with van der Waals surface area (Å²) in [6, 6.07) is 29.4. The van der Waals surface area contributed by atoms with Gasteiger partial charge in [0.25, 0.3) is 11.6 Å². The SMILES string of the molecule is COc1ccc([Si](C)(C)[C@H]2[C@H](CC(=O)N(CCO)Cc3ccccc3)O[C@@]3(C(=O)N(Cc4ccc(N5CCC5=O)cc4)c4ccc([N+](=O)[O-])cc43)[C@@H]2C)cc1. The summed E-state index contributed by atoms with van der Waals surface area (Å²) < 4.78 is 12.6. The summed E-state index contributed by atoms with van der Waals surface area (Å²) in [6.07, 6.45) is -0.261. The van der Waals surface area contributed by atoms with Gasteiger partial charge in [0, 0.05) is 55.4 Å². The van der Waals surface area contributed by atoms with Gasteiger partial charge >= 0.3 is 0 Å². The van der Waals surface area contributed by atoms with E-state index in [1.807, 2.05) is 85.8 Å². The summed E-state index contributed by atoms with van der Waals surface area (Å²) in [5.74, 6) is -0.281. The minimum Gasteiger partial charge on any atom is -0.497 e. The Kier molecular flexibility index (Phi) is 10.4. The molecule has 1 N–H and O–H groups in total. The Balaban J connectivity index is 1.29. The maximum absolute atomic E-state index is 15.2. The zero-order valence-electron chi connectivity index (χ0n) is 31.5. The van der Waals surface area contributed by atoms with Crippen LogP contribution < -0.4 is 19.7 Å². The first-order valence-corrected chi connectivity index (χ1v) is 21.7. The van der Waals surface area contributed by atoms with Crippen LogP contribution in [-0.4, -0.2) is 73.6 Å². The molecule has 4 aromatic carbocycles. The van der Waals surface area contributed by atoms with Gasteiger partial charge in [-0.05, 0) is 47.0 Å². The number of β-lactam (4-membered cyclic amide) rings is 1. The summed E-state index contributed by atoms with van der Waals surface area (Å²) in [6.45, 7) is 7.43. The number of non-ortho nitro benzene ring substituents is 1. The molecule has 0 saturated carbocycles. The van der Waals surface area contributed by atoms with Crippen molar-refractivity contribution in [1.82, 2.24) is 4.90 Å². The van der Waals surface area contributed by atoms with Gasteiger partial charge in [0.2, 0.25) is 11.8 Å². The first kappa shape index (κ1) is 37.9. The smallest absolute Gasteiger partial charge is 0.269 e. The van der Waals surface area contributed by atoms with E-state index in [1.165, 1.54) is 12.1 Å². The molecular weight excluding hydrogens is 717 g/mol. The second-order valence-corrected chi connectivity index (χ2v) is 19.9. The summed E-state index contributed by atoms with van der Waals surface area (Å²) in [7, 11) is -1.03. The number of fused-ring (bicyclic) bond motifs is 2. The molecule has 0 radical (unpaired) electrons. The van der Waals surface area contributed by atoms with Gasteiger partial charge in [-0.2, -0.15) is 0 Å². The highest BCUT2D eigenvalue weighted by atomic mass is 28.3. The maximum Gasteiger partial charge on any atom is 0.269 e. The number of amides is 3. The van der Waals surface area contributed by atoms with Gasteiger partial charge in [0.1, 0.15) is 5.75 Å². The number of benzene rings is 4. The molecule has 0 unspecified atom stereocenters. The van der Waals surface area contributed by atoms with Crippen molar-refractivity contribution in [3.05, 3.63) is 124 Å². The molecule has 12 nitrogen and oxygen atoms in total. The van der Waals surface area contributed by atoms with E-state index in [2.05, 4.69) is 13.1 Å². The highest BCUT2D eigenvalue weighted by Gasteiger charge is 2.66. The highest BCUT2D eigenvalue weighted by molar-refractivity contribution is 6.91. The monoisotopic (exact) mass is 762 g/mol. The van der Waals surface area contributed by atoms with E-state index in [0.717, 1.165) is 22.0 Å². The fourth-order valence-electron chi connectivity index (χ4n) is 8.84. The van der Waals surface area contributed by atoms with E-state index >= 15 is 4.79 Å². The Labute approximate surface area is 321 Å². The molecule has 3 aliphatic rings. The first-order valence-electron chi connectivity index (χ1n) is 18.6. The summed E-state index contributed by atoms with van der Waals surface area (Å²) in [4.78, 5) is 58.3. The number of aliphatic hydroxyl groups is 1. The van der Waals surface area contributed by atoms with Crippen molar-refractivity contribution < 1.29 is 33.9 Å². The number of nitro benzene ring substituents is 1. The van der Waals surface area contributed by atoms with E-state index in [1.54, 1.807) is 27.9 Å². The summed E-state index contributed by atoms with van der Waals surface area (Å²) >= 11 is 0. The van der Waals surface area contributed by atoms with Crippen molar-refractivity contribution in [2.75, 3.05) is 36.6 Å². The molecule has 3 heterocycles. The minimum absolute atomic E-state index is 0.0512. The van der Waals surface area contributed by atoms with E-state index in [4.69, 9.17) is 9.47 Å². The molecule has 2 fully saturated rings. The van der Waals surface area contributed by atoms with E-state index in [0.29, 0.717) is 36.5 Å². The Morgan fingerprint density at radius 1 is 1.02 bits per heavy atom. The molecule has 7 rings (SSSR count). The normalized spacial score (nSPS) is 21.8. The Morgan fingerprint density at radius 3 is 2.33 bits per heavy atom. The number of methoxy groups -OCH3 is 1. The van der Waals surface area contributed by atoms with Gasteiger partial charge in [-0.15, -0.1) is 0 Å². The molecular formula is C42H46N4O8Si. The van der Waals surface area contributed by atoms with E-state index in [9.17, 15) is 24.8 Å². The van der Waals surface area contributed by atoms with Gasteiger partial charge < -0.3 is 29.3 Å². The van der Waals surface area contributed by atoms with Crippen LogP contribution in [0.1, 0.15) is 36.5 Å². The summed E-state index contributed by atoms with van der Waals surface area (Å²) in [5.41, 5.74) is 1.39. The number of hydrogen-bond acceptors (Lipinski definition) is 8. The third-order valence-electron chi connectivity index (χ3n) is 11.8. The number of carbonyl (C=O) groups is 3. The number of nitro groups is 1. The zero-order valence-corrected chi connectivity index (χ0v) is 32.5. The topological polar surface area (TPSA) is 143 Å². The number of hydrogen-bond donors (Lipinski definition) is 1. The predicted molar refractivity (Wildman–Crippen MR) is 211 cm³/mol. The highest BCUT2D eigenvalue weighted by Crippen LogP contribution is 2.60. The van der Waals surface area contributed by atoms with Gasteiger partial charge in [-0.3, -0.25) is 24.5 Å². The van der Waals surface area contributed by atoms with Crippen LogP contribution >= 0.6 is 0 Å². The lowest BCUT2D eigenvalue weighted by Gasteiger charge is -2.37. The molecule has 4 atom stereocenters. The number of anilines is 2. The van der Waals surface area contributed by atoms with E-state index < -0.39 is 30.6 Å². The maximum atomic E-state index is 15.2. The van der Waals surface area contributed by atoms with Crippen LogP contribution in [0, 0.1) is 16.0 Å². The van der Waals surface area contributed by atoms with Crippen LogP contribution in [0.15, 0.2) is 97.1 Å². The predicted octanol–water partition coefficient (Wildman–Crippen LogP) is 5.51. The average molecular weight is 763 g/mol. The molecule has 1 spiro atoms. The van der Waals surface area contributed by atoms with Gasteiger partial charge in [0.05, 0.1) is 51.5 Å². The second-order valence-electron chi connectivity index (χ2n) is 15.2. The standard InChI is InChI=1S/C42H46N4O8Si/c1-28-40(55(3,4)34-17-15-33(53-2)16-18-34)37(25-39(49)43(22-23-47)26-29-8-6-5-7-9-29)54-42(28)35-24-32(46(51)52)14-19-36(35)45(41(42)50)27-30-10-12-31(13-11-30)44-21-20-38(44)48/h5-19,24,28,37,40,47H,20-23,25-27H2,1-4H3/t28-,37+,40-,42+/m1/s1. The third kappa shape index (κ3) is 6.81. The van der Waals surface area contributed by atoms with Crippen LogP contribution in [0.5, 0.6) is 5.75 Å². The van der Waals surface area contributed by atoms with Crippen molar-refractivity contribution >= 4 is 48.0 Å². The lowest BCUT2D eigenvalue weighted by molar-refractivity contribution is -0.385. The molecule has 0 aliphatic carbocycles. The second kappa shape index (κ2) is 15.0. The molecule has 3 aliphatic heterocycles. The van der Waals surface area contributed by atoms with Crippen molar-refractivity contribution in [1.29, 1.82) is 0 Å². The van der Waals surface area contributed by atoms with Crippen LogP contribution in [0.3, 0.4) is 0 Å². The van der Waals surface area contributed by atoms with Gasteiger partial charge in [0.15, 0.2) is 5.60 Å². The van der Waals surface area contributed by atoms with Gasteiger partial charge in [-0.1, -0.05) is 79.8 Å². The molecule has 13 heteroatoms. The molecule has 4 aromatic rings. The van der Waals surface area contributed by atoms with Gasteiger partial charge in [-0.25, -0.2) is 0 Å². The van der Waals surface area contributed by atoms with Crippen LogP contribution in [0.2, 0.25) is 18.6 Å². The van der Waals surface area contributed by atoms with Crippen LogP contribution in [0.25, 0.3) is 0 Å². The fourth-order valence-corrected chi connectivity index (χ4v) is 12.9. The number of rotatable bonds is 13. The summed E-state index contributed by atoms with van der Waals surface area (Å²) in [5, 5.41) is 23.3. The van der Waals surface area contributed by atoms with Crippen molar-refractivity contribution in [2.45, 2.75) is 63.2 Å². The first-order chi connectivity index (χ1) is 26.4. The zero-order chi connectivity index (χ0) is 39.1. The van der Waals surface area contributed by atoms with Crippen molar-refractivity contribution in [2.24, 2.45) is 5.92 Å². The van der Waals surface area contributed by atoms with E-state index in [-0.39, 0.29) is 55.1 Å². The number of nitrogens with zero attached hydrogens (tertiary/aromatic N) is 4. The fraction of sp³-hybridized carbons (Fsp3) is 0.357. The quantitative estimate of drug-likeness (QED) is 0.0814. The molecule has 2 saturated heterocycles. The molecule has 0 bridgehead atoms. The number of carbonyl (C=O) groups excluding carboxylic acids is 3. The van der Waals surface area contributed by atoms with Crippen LogP contribution in [-0.2, 0) is 37.8 Å². The Morgan fingerprint density at radius 2 is 1.73 bits per heavy atom. The Bertz CT molecular complexity index is 2090. The number of aliphatic hydroxyl groups excluding tert-OH is 1. The molecule has 286 valence electrons. The molecule has 55 heavy (non-hydrogen) atoms. The lowest BCUT2D eigenvalue weighted by Crippen LogP contribution is -2.52. The minimum atomic E-state index is -2.64. The Hall–Kier alpha value is -5.37. The number of ether oxygens (including phenoxy) is 2.